The maximum absolute atomic E-state index is 12.8. The SMILES string of the molecule is CC1(C)OC(c2ccc(S(C)(=O)=O)nc2)=C(c2ccc(C(F)(F)F)cc2)C1=O. The number of benzene rings is 1. The number of aromatic nitrogens is 1. The Labute approximate surface area is 159 Å². The van der Waals surface area contributed by atoms with Gasteiger partial charge in [0.1, 0.15) is 5.76 Å². The third-order valence-electron chi connectivity index (χ3n) is 4.24. The van der Waals surface area contributed by atoms with Crippen LogP contribution in [0.4, 0.5) is 13.2 Å². The van der Waals surface area contributed by atoms with E-state index in [1.54, 1.807) is 13.8 Å². The Morgan fingerprint density at radius 2 is 1.57 bits per heavy atom. The minimum atomic E-state index is -4.49. The van der Waals surface area contributed by atoms with E-state index >= 15 is 0 Å². The Bertz CT molecular complexity index is 1070. The van der Waals surface area contributed by atoms with Gasteiger partial charge in [-0.1, -0.05) is 12.1 Å². The van der Waals surface area contributed by atoms with E-state index in [2.05, 4.69) is 4.98 Å². The van der Waals surface area contributed by atoms with Crippen LogP contribution in [0.5, 0.6) is 0 Å². The lowest BCUT2D eigenvalue weighted by molar-refractivity contribution is -0.137. The van der Waals surface area contributed by atoms with E-state index < -0.39 is 33.0 Å². The molecule has 1 aromatic carbocycles. The number of carbonyl (C=O) groups excluding carboxylic acids is 1. The summed E-state index contributed by atoms with van der Waals surface area (Å²) in [6, 6.07) is 6.92. The lowest BCUT2D eigenvalue weighted by Gasteiger charge is -2.17. The number of nitrogens with zero attached hydrogens (tertiary/aromatic N) is 1. The molecule has 0 saturated carbocycles. The number of ketones is 1. The highest BCUT2D eigenvalue weighted by molar-refractivity contribution is 7.90. The molecule has 0 spiro atoms. The Morgan fingerprint density at radius 1 is 1.00 bits per heavy atom. The third-order valence-corrected chi connectivity index (χ3v) is 5.24. The second-order valence-electron chi connectivity index (χ2n) is 6.88. The van der Waals surface area contributed by atoms with Crippen LogP contribution in [0.25, 0.3) is 11.3 Å². The highest BCUT2D eigenvalue weighted by atomic mass is 32.2. The molecule has 2 heterocycles. The minimum absolute atomic E-state index is 0.118. The summed E-state index contributed by atoms with van der Waals surface area (Å²) in [6.07, 6.45) is -2.22. The van der Waals surface area contributed by atoms with Gasteiger partial charge in [-0.25, -0.2) is 13.4 Å². The van der Waals surface area contributed by atoms with Gasteiger partial charge >= 0.3 is 6.18 Å². The van der Waals surface area contributed by atoms with E-state index in [1.807, 2.05) is 0 Å². The molecule has 0 bridgehead atoms. The Hall–Kier alpha value is -2.68. The number of sulfone groups is 1. The predicted molar refractivity (Wildman–Crippen MR) is 95.8 cm³/mol. The molecule has 0 N–H and O–H groups in total. The first-order valence-corrected chi connectivity index (χ1v) is 10.0. The number of hydrogen-bond donors (Lipinski definition) is 0. The largest absolute Gasteiger partial charge is 0.478 e. The van der Waals surface area contributed by atoms with Gasteiger partial charge in [0, 0.05) is 18.0 Å². The molecule has 1 aromatic heterocycles. The van der Waals surface area contributed by atoms with Crippen molar-refractivity contribution in [3.05, 3.63) is 59.3 Å². The molecule has 28 heavy (non-hydrogen) atoms. The summed E-state index contributed by atoms with van der Waals surface area (Å²) < 4.78 is 67.3. The van der Waals surface area contributed by atoms with Crippen molar-refractivity contribution in [3.63, 3.8) is 0 Å². The van der Waals surface area contributed by atoms with Crippen LogP contribution in [-0.2, 0) is 25.5 Å². The van der Waals surface area contributed by atoms with E-state index in [9.17, 15) is 26.4 Å². The number of alkyl halides is 3. The zero-order valence-electron chi connectivity index (χ0n) is 15.2. The van der Waals surface area contributed by atoms with Crippen LogP contribution in [0, 0.1) is 0 Å². The summed E-state index contributed by atoms with van der Waals surface area (Å²) >= 11 is 0. The van der Waals surface area contributed by atoms with E-state index in [-0.39, 0.29) is 21.9 Å². The molecule has 148 valence electrons. The van der Waals surface area contributed by atoms with Crippen molar-refractivity contribution >= 4 is 27.0 Å². The van der Waals surface area contributed by atoms with Crippen LogP contribution < -0.4 is 0 Å². The molecule has 0 atom stereocenters. The van der Waals surface area contributed by atoms with Crippen LogP contribution in [-0.4, -0.2) is 31.0 Å². The molecule has 0 aliphatic carbocycles. The summed E-state index contributed by atoms with van der Waals surface area (Å²) in [5.41, 5.74) is -1.31. The fourth-order valence-corrected chi connectivity index (χ4v) is 3.34. The van der Waals surface area contributed by atoms with E-state index in [0.717, 1.165) is 18.4 Å². The highest BCUT2D eigenvalue weighted by Gasteiger charge is 2.43. The zero-order valence-corrected chi connectivity index (χ0v) is 16.0. The molecule has 3 rings (SSSR count). The van der Waals surface area contributed by atoms with Gasteiger partial charge in [-0.05, 0) is 43.7 Å². The van der Waals surface area contributed by atoms with Crippen molar-refractivity contribution in [3.8, 4) is 0 Å². The topological polar surface area (TPSA) is 73.3 Å². The Morgan fingerprint density at radius 3 is 2.04 bits per heavy atom. The second kappa shape index (κ2) is 6.44. The summed E-state index contributed by atoms with van der Waals surface area (Å²) in [5, 5.41) is -0.142. The first-order chi connectivity index (χ1) is 12.8. The van der Waals surface area contributed by atoms with Gasteiger partial charge in [0.05, 0.1) is 11.1 Å². The van der Waals surface area contributed by atoms with Crippen LogP contribution in [0.1, 0.15) is 30.5 Å². The van der Waals surface area contributed by atoms with Crippen molar-refractivity contribution < 1.29 is 31.1 Å². The molecule has 1 aliphatic heterocycles. The molecule has 2 aromatic rings. The maximum Gasteiger partial charge on any atom is 0.416 e. The summed E-state index contributed by atoms with van der Waals surface area (Å²) in [5.74, 6) is -0.253. The average Bonchev–Trinajstić information content (AvgIpc) is 2.83. The highest BCUT2D eigenvalue weighted by Crippen LogP contribution is 2.41. The van der Waals surface area contributed by atoms with Crippen LogP contribution >= 0.6 is 0 Å². The zero-order chi connectivity index (χ0) is 20.9. The molecule has 0 radical (unpaired) electrons. The summed E-state index contributed by atoms with van der Waals surface area (Å²) in [4.78, 5) is 16.7. The lowest BCUT2D eigenvalue weighted by atomic mass is 9.92. The molecular formula is C19H16F3NO4S. The molecule has 0 saturated heterocycles. The van der Waals surface area contributed by atoms with Gasteiger partial charge in [0.15, 0.2) is 20.5 Å². The first-order valence-electron chi connectivity index (χ1n) is 8.13. The molecular weight excluding hydrogens is 395 g/mol. The molecule has 0 fully saturated rings. The lowest BCUT2D eigenvalue weighted by Crippen LogP contribution is -2.29. The molecule has 1 aliphatic rings. The number of carbonyl (C=O) groups is 1. The maximum atomic E-state index is 12.8. The Kier molecular flexibility index (Phi) is 4.61. The average molecular weight is 411 g/mol. The van der Waals surface area contributed by atoms with Crippen molar-refractivity contribution in [2.75, 3.05) is 6.26 Å². The van der Waals surface area contributed by atoms with Gasteiger partial charge in [-0.15, -0.1) is 0 Å². The van der Waals surface area contributed by atoms with Crippen molar-refractivity contribution in [2.45, 2.75) is 30.7 Å². The normalized spacial score (nSPS) is 17.0. The van der Waals surface area contributed by atoms with E-state index in [4.69, 9.17) is 4.74 Å². The van der Waals surface area contributed by atoms with Gasteiger partial charge in [-0.3, -0.25) is 4.79 Å². The quantitative estimate of drug-likeness (QED) is 0.769. The van der Waals surface area contributed by atoms with Crippen LogP contribution in [0.2, 0.25) is 0 Å². The van der Waals surface area contributed by atoms with Gasteiger partial charge in [0.25, 0.3) is 0 Å². The number of hydrogen-bond acceptors (Lipinski definition) is 5. The number of halogens is 3. The molecule has 9 heteroatoms. The first kappa shape index (κ1) is 20.1. The number of pyridine rings is 1. The third kappa shape index (κ3) is 3.66. The smallest absolute Gasteiger partial charge is 0.416 e. The summed E-state index contributed by atoms with van der Waals surface area (Å²) in [7, 11) is -3.50. The van der Waals surface area contributed by atoms with Crippen LogP contribution in [0.15, 0.2) is 47.6 Å². The molecule has 0 unspecified atom stereocenters. The standard InChI is InChI=1S/C19H16F3NO4S/c1-18(2)17(24)15(11-4-7-13(8-5-11)19(20,21)22)16(27-18)12-6-9-14(23-10-12)28(3,25)26/h4-10H,1-3H3. The van der Waals surface area contributed by atoms with E-state index in [0.29, 0.717) is 5.56 Å². The van der Waals surface area contributed by atoms with Gasteiger partial charge in [0.2, 0.25) is 5.78 Å². The molecule has 5 nitrogen and oxygen atoms in total. The Balaban J connectivity index is 2.12. The fraction of sp³-hybridized carbons (Fsp3) is 0.263. The van der Waals surface area contributed by atoms with Gasteiger partial charge in [-0.2, -0.15) is 13.2 Å². The van der Waals surface area contributed by atoms with Crippen molar-refractivity contribution in [1.29, 1.82) is 0 Å². The fourth-order valence-electron chi connectivity index (χ4n) is 2.78. The van der Waals surface area contributed by atoms with Crippen LogP contribution in [0.3, 0.4) is 0 Å². The second-order valence-corrected chi connectivity index (χ2v) is 8.84. The predicted octanol–water partition coefficient (Wildman–Crippen LogP) is 3.75. The number of Topliss-reactive ketones (excluding diaryl/α,β-unsaturated/α-hetero) is 1. The number of ether oxygens (including phenoxy) is 1. The monoisotopic (exact) mass is 411 g/mol. The van der Waals surface area contributed by atoms with E-state index in [1.165, 1.54) is 30.5 Å². The van der Waals surface area contributed by atoms with Crippen molar-refractivity contribution in [2.24, 2.45) is 0 Å². The molecule has 0 amide bonds. The van der Waals surface area contributed by atoms with Crippen molar-refractivity contribution in [1.82, 2.24) is 4.98 Å². The number of rotatable bonds is 3. The van der Waals surface area contributed by atoms with Gasteiger partial charge < -0.3 is 4.74 Å². The summed E-state index contributed by atoms with van der Waals surface area (Å²) in [6.45, 7) is 3.09. The minimum Gasteiger partial charge on any atom is -0.478 e.